The van der Waals surface area contributed by atoms with Gasteiger partial charge in [0, 0.05) is 0 Å². The molecule has 0 aliphatic rings. The summed E-state index contributed by atoms with van der Waals surface area (Å²) in [4.78, 5) is 16.7. The van der Waals surface area contributed by atoms with E-state index in [2.05, 4.69) is 4.52 Å². The van der Waals surface area contributed by atoms with E-state index >= 15 is 0 Å². The lowest BCUT2D eigenvalue weighted by Crippen LogP contribution is -2.19. The fourth-order valence-corrected chi connectivity index (χ4v) is 1.11. The van der Waals surface area contributed by atoms with E-state index in [0.29, 0.717) is 0 Å². The molecule has 0 heterocycles. The van der Waals surface area contributed by atoms with Gasteiger partial charge < -0.3 is 14.5 Å². The van der Waals surface area contributed by atoms with E-state index in [0.717, 1.165) is 0 Å². The molecule has 0 saturated carbocycles. The number of phosphoric ester groups is 1. The molecule has 6 heteroatoms. The summed E-state index contributed by atoms with van der Waals surface area (Å²) in [5, 5.41) is 0. The summed E-state index contributed by atoms with van der Waals surface area (Å²) in [6.07, 6.45) is 3.72. The normalized spacial score (nSPS) is 13.8. The van der Waals surface area contributed by atoms with Crippen LogP contribution in [-0.2, 0) is 13.8 Å². The standard InChI is InChI=1S/C6H15O5P.C4H8/c1-5(2)11-6(3)4-10-12(7,8)9;1-3-4-2/h5-6H,4H2,1-3H3,(H2,7,8,9);3-4H,1-2H3/b;4-3-. The van der Waals surface area contributed by atoms with Crippen LogP contribution in [0.5, 0.6) is 0 Å². The molecule has 0 bridgehead atoms. The first-order valence-corrected chi connectivity index (χ1v) is 6.68. The predicted molar refractivity (Wildman–Crippen MR) is 64.2 cm³/mol. The van der Waals surface area contributed by atoms with Crippen LogP contribution in [0.1, 0.15) is 34.6 Å². The average molecular weight is 254 g/mol. The molecule has 0 aromatic heterocycles. The maximum atomic E-state index is 10.2. The van der Waals surface area contributed by atoms with Gasteiger partial charge in [-0.05, 0) is 34.6 Å². The van der Waals surface area contributed by atoms with Crippen molar-refractivity contribution in [2.75, 3.05) is 6.61 Å². The molecule has 0 rings (SSSR count). The molecular formula is C10H23O5P. The van der Waals surface area contributed by atoms with Crippen LogP contribution in [0.15, 0.2) is 12.2 Å². The van der Waals surface area contributed by atoms with Crippen molar-refractivity contribution < 1.29 is 23.6 Å². The Morgan fingerprint density at radius 2 is 1.62 bits per heavy atom. The zero-order valence-electron chi connectivity index (χ0n) is 10.6. The Morgan fingerprint density at radius 1 is 1.19 bits per heavy atom. The van der Waals surface area contributed by atoms with E-state index in [4.69, 9.17) is 14.5 Å². The molecule has 0 spiro atoms. The first kappa shape index (κ1) is 18.2. The number of rotatable bonds is 5. The van der Waals surface area contributed by atoms with Crippen LogP contribution < -0.4 is 0 Å². The topological polar surface area (TPSA) is 76.0 Å². The van der Waals surface area contributed by atoms with Crippen molar-refractivity contribution in [2.24, 2.45) is 0 Å². The Morgan fingerprint density at radius 3 is 1.88 bits per heavy atom. The largest absolute Gasteiger partial charge is 0.469 e. The lowest BCUT2D eigenvalue weighted by atomic mass is 10.4. The Kier molecular flexibility index (Phi) is 11.4. The van der Waals surface area contributed by atoms with Gasteiger partial charge in [0.1, 0.15) is 0 Å². The molecular weight excluding hydrogens is 231 g/mol. The minimum Gasteiger partial charge on any atom is -0.373 e. The van der Waals surface area contributed by atoms with Crippen molar-refractivity contribution in [3.63, 3.8) is 0 Å². The summed E-state index contributed by atoms with van der Waals surface area (Å²) in [7, 11) is -4.34. The second kappa shape index (κ2) is 10.00. The van der Waals surface area contributed by atoms with Gasteiger partial charge in [0.25, 0.3) is 0 Å². The maximum absolute atomic E-state index is 10.2. The molecule has 0 fully saturated rings. The Hall–Kier alpha value is -0.190. The van der Waals surface area contributed by atoms with Gasteiger partial charge in [-0.1, -0.05) is 12.2 Å². The van der Waals surface area contributed by atoms with Gasteiger partial charge in [0.15, 0.2) is 0 Å². The molecule has 1 unspecified atom stereocenters. The summed E-state index contributed by atoms with van der Waals surface area (Å²) in [6, 6.07) is 0. The van der Waals surface area contributed by atoms with E-state index < -0.39 is 7.82 Å². The Labute approximate surface area is 97.7 Å². The molecule has 98 valence electrons. The van der Waals surface area contributed by atoms with Gasteiger partial charge in [-0.2, -0.15) is 0 Å². The Bertz CT molecular complexity index is 217. The number of hydrogen-bond donors (Lipinski definition) is 2. The third kappa shape index (κ3) is 19.4. The summed E-state index contributed by atoms with van der Waals surface area (Å²) in [5.41, 5.74) is 0. The molecule has 0 aliphatic carbocycles. The molecule has 0 saturated heterocycles. The van der Waals surface area contributed by atoms with Gasteiger partial charge in [0.2, 0.25) is 0 Å². The zero-order valence-corrected chi connectivity index (χ0v) is 11.5. The van der Waals surface area contributed by atoms with Crippen LogP contribution in [0, 0.1) is 0 Å². The highest BCUT2D eigenvalue weighted by atomic mass is 31.2. The van der Waals surface area contributed by atoms with Crippen LogP contribution in [0.25, 0.3) is 0 Å². The Balaban J connectivity index is 0. The van der Waals surface area contributed by atoms with Crippen molar-refractivity contribution in [1.82, 2.24) is 0 Å². The molecule has 16 heavy (non-hydrogen) atoms. The van der Waals surface area contributed by atoms with Crippen molar-refractivity contribution >= 4 is 7.82 Å². The smallest absolute Gasteiger partial charge is 0.373 e. The van der Waals surface area contributed by atoms with Crippen LogP contribution in [0.2, 0.25) is 0 Å². The summed E-state index contributed by atoms with van der Waals surface area (Å²) in [5.74, 6) is 0. The van der Waals surface area contributed by atoms with Crippen molar-refractivity contribution in [1.29, 1.82) is 0 Å². The number of hydrogen-bond acceptors (Lipinski definition) is 3. The third-order valence-electron chi connectivity index (χ3n) is 1.32. The first-order chi connectivity index (χ1) is 7.22. The van der Waals surface area contributed by atoms with E-state index in [1.54, 1.807) is 6.92 Å². The number of phosphoric acid groups is 1. The lowest BCUT2D eigenvalue weighted by Gasteiger charge is -2.15. The highest BCUT2D eigenvalue weighted by molar-refractivity contribution is 7.46. The van der Waals surface area contributed by atoms with Crippen molar-refractivity contribution in [3.05, 3.63) is 12.2 Å². The first-order valence-electron chi connectivity index (χ1n) is 5.15. The number of allylic oxidation sites excluding steroid dienone is 2. The van der Waals surface area contributed by atoms with Crippen molar-refractivity contribution in [2.45, 2.75) is 46.8 Å². The van der Waals surface area contributed by atoms with E-state index in [1.807, 2.05) is 39.8 Å². The van der Waals surface area contributed by atoms with E-state index in [-0.39, 0.29) is 18.8 Å². The van der Waals surface area contributed by atoms with Gasteiger partial charge in [0.05, 0.1) is 18.8 Å². The maximum Gasteiger partial charge on any atom is 0.469 e. The predicted octanol–water partition coefficient (Wildman–Crippen LogP) is 2.49. The minimum absolute atomic E-state index is 0.0281. The van der Waals surface area contributed by atoms with Crippen molar-refractivity contribution in [3.8, 4) is 0 Å². The van der Waals surface area contributed by atoms with Gasteiger partial charge in [-0.15, -0.1) is 0 Å². The average Bonchev–Trinajstić information content (AvgIpc) is 2.13. The highest BCUT2D eigenvalue weighted by Crippen LogP contribution is 2.35. The highest BCUT2D eigenvalue weighted by Gasteiger charge is 2.16. The molecule has 0 aromatic carbocycles. The lowest BCUT2D eigenvalue weighted by molar-refractivity contribution is -0.0121. The third-order valence-corrected chi connectivity index (χ3v) is 1.80. The van der Waals surface area contributed by atoms with E-state index in [1.165, 1.54) is 0 Å². The molecule has 1 atom stereocenters. The summed E-state index contributed by atoms with van der Waals surface area (Å²) in [6.45, 7) is 9.28. The summed E-state index contributed by atoms with van der Waals surface area (Å²) >= 11 is 0. The molecule has 0 amide bonds. The van der Waals surface area contributed by atoms with Crippen LogP contribution in [0.3, 0.4) is 0 Å². The van der Waals surface area contributed by atoms with E-state index in [9.17, 15) is 4.57 Å². The molecule has 5 nitrogen and oxygen atoms in total. The fourth-order valence-electron chi connectivity index (χ4n) is 0.706. The van der Waals surface area contributed by atoms with Gasteiger partial charge in [-0.25, -0.2) is 4.57 Å². The molecule has 0 aliphatic heterocycles. The monoisotopic (exact) mass is 254 g/mol. The molecule has 0 radical (unpaired) electrons. The SMILES string of the molecule is C/C=C\C.CC(C)OC(C)COP(=O)(O)O. The quantitative estimate of drug-likeness (QED) is 0.582. The van der Waals surface area contributed by atoms with Crippen LogP contribution >= 0.6 is 7.82 Å². The second-order valence-electron chi connectivity index (χ2n) is 3.45. The second-order valence-corrected chi connectivity index (χ2v) is 4.69. The zero-order chi connectivity index (χ0) is 13.2. The van der Waals surface area contributed by atoms with Gasteiger partial charge in [-0.3, -0.25) is 4.52 Å². The molecule has 0 aromatic rings. The minimum atomic E-state index is -4.34. The van der Waals surface area contributed by atoms with Crippen LogP contribution in [0.4, 0.5) is 0 Å². The summed E-state index contributed by atoms with van der Waals surface area (Å²) < 4.78 is 19.6. The van der Waals surface area contributed by atoms with Crippen LogP contribution in [-0.4, -0.2) is 28.6 Å². The number of ether oxygens (including phenoxy) is 1. The fraction of sp³-hybridized carbons (Fsp3) is 0.800. The van der Waals surface area contributed by atoms with Gasteiger partial charge >= 0.3 is 7.82 Å². The molecule has 2 N–H and O–H groups in total.